The van der Waals surface area contributed by atoms with Crippen molar-refractivity contribution in [3.63, 3.8) is 0 Å². The molecule has 0 aliphatic heterocycles. The topological polar surface area (TPSA) is 95.6 Å². The summed E-state index contributed by atoms with van der Waals surface area (Å²) < 4.78 is 57.3. The number of nitrogens with zero attached hydrogens (tertiary/aromatic N) is 1. The molecule has 1 aliphatic rings. The molecule has 0 saturated heterocycles. The van der Waals surface area contributed by atoms with E-state index in [1.165, 1.54) is 23.5 Å². The number of anilines is 2. The molecule has 0 amide bonds. The molecule has 0 spiro atoms. The third-order valence-corrected chi connectivity index (χ3v) is 7.82. The van der Waals surface area contributed by atoms with Crippen molar-refractivity contribution in [2.24, 2.45) is 5.92 Å². The van der Waals surface area contributed by atoms with Gasteiger partial charge in [-0.3, -0.25) is 9.44 Å². The lowest BCUT2D eigenvalue weighted by atomic mass is 10.1. The van der Waals surface area contributed by atoms with Crippen molar-refractivity contribution in [2.75, 3.05) is 23.0 Å². The van der Waals surface area contributed by atoms with E-state index in [0.29, 0.717) is 23.7 Å². The highest BCUT2D eigenvalue weighted by atomic mass is 32.2. The molecule has 2 aromatic carbocycles. The number of sulfonamides is 1. The van der Waals surface area contributed by atoms with E-state index < -0.39 is 20.2 Å². The van der Waals surface area contributed by atoms with Gasteiger partial charge in [0.25, 0.3) is 10.0 Å². The number of aryl methyl sites for hydroxylation is 3. The quantitative estimate of drug-likeness (QED) is 0.661. The van der Waals surface area contributed by atoms with Crippen molar-refractivity contribution in [3.8, 4) is 0 Å². The first-order valence-electron chi connectivity index (χ1n) is 9.43. The molecule has 0 atom stereocenters. The second kappa shape index (κ2) is 7.97. The molecule has 2 N–H and O–H groups in total. The summed E-state index contributed by atoms with van der Waals surface area (Å²) in [5, 5.41) is 0. The minimum absolute atomic E-state index is 0.00868. The van der Waals surface area contributed by atoms with Gasteiger partial charge in [0, 0.05) is 13.6 Å². The van der Waals surface area contributed by atoms with E-state index in [9.17, 15) is 16.8 Å². The summed E-state index contributed by atoms with van der Waals surface area (Å²) >= 11 is 0. The van der Waals surface area contributed by atoms with Gasteiger partial charge in [0.05, 0.1) is 16.3 Å². The highest BCUT2D eigenvalue weighted by Crippen LogP contribution is 2.30. The van der Waals surface area contributed by atoms with Crippen LogP contribution in [-0.4, -0.2) is 34.7 Å². The Morgan fingerprint density at radius 2 is 1.59 bits per heavy atom. The molecule has 0 heterocycles. The smallest absolute Gasteiger partial charge is 0.279 e. The predicted octanol–water partition coefficient (Wildman–Crippen LogP) is 3.41. The Bertz CT molecular complexity index is 1120. The standard InChI is InChI=1S/C20H27N3O4S2/c1-14-5-10-19(16(3)11-14)21-28(24,25)18-9-6-15(2)20(12-18)22-29(26,27)23(4)13-17-7-8-17/h5-6,9-12,17,21-22H,7-8,13H2,1-4H3. The Hall–Kier alpha value is -2.10. The van der Waals surface area contributed by atoms with Gasteiger partial charge in [-0.25, -0.2) is 8.42 Å². The minimum Gasteiger partial charge on any atom is -0.279 e. The molecule has 0 aromatic heterocycles. The van der Waals surface area contributed by atoms with Crippen LogP contribution >= 0.6 is 0 Å². The van der Waals surface area contributed by atoms with Gasteiger partial charge in [0.1, 0.15) is 0 Å². The van der Waals surface area contributed by atoms with E-state index in [4.69, 9.17) is 0 Å². The van der Waals surface area contributed by atoms with E-state index in [0.717, 1.165) is 24.0 Å². The summed E-state index contributed by atoms with van der Waals surface area (Å²) in [6.07, 6.45) is 2.08. The van der Waals surface area contributed by atoms with Crippen molar-refractivity contribution in [3.05, 3.63) is 53.1 Å². The lowest BCUT2D eigenvalue weighted by Crippen LogP contribution is -2.34. The average molecular weight is 438 g/mol. The lowest BCUT2D eigenvalue weighted by molar-refractivity contribution is 0.457. The maximum atomic E-state index is 12.9. The average Bonchev–Trinajstić information content (AvgIpc) is 3.43. The summed E-state index contributed by atoms with van der Waals surface area (Å²) in [6.45, 7) is 5.95. The van der Waals surface area contributed by atoms with E-state index in [2.05, 4.69) is 9.44 Å². The number of nitrogens with one attached hydrogen (secondary N) is 2. The van der Waals surface area contributed by atoms with Gasteiger partial charge in [-0.05, 0) is 68.9 Å². The second-order valence-electron chi connectivity index (χ2n) is 7.73. The summed E-state index contributed by atoms with van der Waals surface area (Å²) in [7, 11) is -6.10. The van der Waals surface area contributed by atoms with Crippen LogP contribution in [0.5, 0.6) is 0 Å². The molecule has 1 aliphatic carbocycles. The summed E-state index contributed by atoms with van der Waals surface area (Å²) in [6, 6.07) is 9.84. The maximum absolute atomic E-state index is 12.9. The van der Waals surface area contributed by atoms with E-state index in [-0.39, 0.29) is 10.6 Å². The highest BCUT2D eigenvalue weighted by molar-refractivity contribution is 7.92. The van der Waals surface area contributed by atoms with Crippen LogP contribution in [0.1, 0.15) is 29.5 Å². The van der Waals surface area contributed by atoms with Crippen LogP contribution in [0.15, 0.2) is 41.3 Å². The second-order valence-corrected chi connectivity index (χ2v) is 11.2. The number of rotatable bonds is 8. The van der Waals surface area contributed by atoms with Crippen molar-refractivity contribution < 1.29 is 16.8 Å². The van der Waals surface area contributed by atoms with Gasteiger partial charge in [-0.2, -0.15) is 12.7 Å². The van der Waals surface area contributed by atoms with E-state index in [1.807, 2.05) is 26.0 Å². The fourth-order valence-corrected chi connectivity index (χ4v) is 5.21. The van der Waals surface area contributed by atoms with Gasteiger partial charge in [0.2, 0.25) is 0 Å². The Morgan fingerprint density at radius 3 is 2.21 bits per heavy atom. The van der Waals surface area contributed by atoms with Crippen molar-refractivity contribution in [1.29, 1.82) is 0 Å². The summed E-state index contributed by atoms with van der Waals surface area (Å²) in [5.41, 5.74) is 3.22. The van der Waals surface area contributed by atoms with Crippen LogP contribution in [0.4, 0.5) is 11.4 Å². The van der Waals surface area contributed by atoms with Crippen LogP contribution in [0.2, 0.25) is 0 Å². The molecular formula is C20H27N3O4S2. The Balaban J connectivity index is 1.85. The molecule has 29 heavy (non-hydrogen) atoms. The third kappa shape index (κ3) is 5.29. The maximum Gasteiger partial charge on any atom is 0.301 e. The highest BCUT2D eigenvalue weighted by Gasteiger charge is 2.28. The molecule has 1 saturated carbocycles. The zero-order valence-electron chi connectivity index (χ0n) is 17.1. The number of hydrogen-bond acceptors (Lipinski definition) is 4. The van der Waals surface area contributed by atoms with Gasteiger partial charge >= 0.3 is 10.2 Å². The Morgan fingerprint density at radius 1 is 0.897 bits per heavy atom. The molecule has 3 rings (SSSR count). The van der Waals surface area contributed by atoms with Crippen LogP contribution < -0.4 is 9.44 Å². The molecule has 7 nitrogen and oxygen atoms in total. The molecule has 0 bridgehead atoms. The normalized spacial score (nSPS) is 14.8. The third-order valence-electron chi connectivity index (χ3n) is 5.01. The predicted molar refractivity (Wildman–Crippen MR) is 116 cm³/mol. The first-order chi connectivity index (χ1) is 13.5. The zero-order chi connectivity index (χ0) is 21.4. The molecule has 0 radical (unpaired) electrons. The van der Waals surface area contributed by atoms with Gasteiger partial charge < -0.3 is 0 Å². The van der Waals surface area contributed by atoms with Crippen molar-refractivity contribution in [1.82, 2.24) is 4.31 Å². The molecular weight excluding hydrogens is 410 g/mol. The Labute approximate surface area is 173 Å². The van der Waals surface area contributed by atoms with Gasteiger partial charge in [-0.15, -0.1) is 0 Å². The SMILES string of the molecule is Cc1ccc(NS(=O)(=O)c2ccc(C)c(NS(=O)(=O)N(C)CC3CC3)c2)c(C)c1. The first-order valence-corrected chi connectivity index (χ1v) is 12.3. The van der Waals surface area contributed by atoms with Crippen molar-refractivity contribution >= 4 is 31.6 Å². The minimum atomic E-state index is -3.87. The lowest BCUT2D eigenvalue weighted by Gasteiger charge is -2.19. The Kier molecular flexibility index (Phi) is 5.93. The molecule has 9 heteroatoms. The fourth-order valence-electron chi connectivity index (χ4n) is 2.99. The van der Waals surface area contributed by atoms with Gasteiger partial charge in [-0.1, -0.05) is 23.8 Å². The van der Waals surface area contributed by atoms with Crippen molar-refractivity contribution in [2.45, 2.75) is 38.5 Å². The molecule has 0 unspecified atom stereocenters. The van der Waals surface area contributed by atoms with Gasteiger partial charge in [0.15, 0.2) is 0 Å². The number of benzene rings is 2. The van der Waals surface area contributed by atoms with E-state index in [1.54, 1.807) is 19.1 Å². The van der Waals surface area contributed by atoms with Crippen LogP contribution in [-0.2, 0) is 20.2 Å². The zero-order valence-corrected chi connectivity index (χ0v) is 18.7. The summed E-state index contributed by atoms with van der Waals surface area (Å²) in [4.78, 5) is -0.00868. The monoisotopic (exact) mass is 437 g/mol. The fraction of sp³-hybridized carbons (Fsp3) is 0.400. The molecule has 158 valence electrons. The van der Waals surface area contributed by atoms with E-state index >= 15 is 0 Å². The van der Waals surface area contributed by atoms with Crippen LogP contribution in [0, 0.1) is 26.7 Å². The largest absolute Gasteiger partial charge is 0.301 e. The molecule has 1 fully saturated rings. The number of hydrogen-bond donors (Lipinski definition) is 2. The summed E-state index contributed by atoms with van der Waals surface area (Å²) in [5.74, 6) is 0.409. The van der Waals surface area contributed by atoms with Crippen LogP contribution in [0.3, 0.4) is 0 Å². The first kappa shape index (κ1) is 21.6. The molecule has 2 aromatic rings. The van der Waals surface area contributed by atoms with Crippen LogP contribution in [0.25, 0.3) is 0 Å².